The van der Waals surface area contributed by atoms with E-state index >= 15 is 0 Å². The Bertz CT molecular complexity index is 440. The Morgan fingerprint density at radius 1 is 1.40 bits per heavy atom. The largest absolute Gasteiger partial charge is 0.616 e. The van der Waals surface area contributed by atoms with Crippen molar-refractivity contribution in [3.63, 3.8) is 0 Å². The van der Waals surface area contributed by atoms with Gasteiger partial charge in [-0.1, -0.05) is 30.3 Å². The fraction of sp³-hybridized carbons (Fsp3) is 0.385. The number of carbonyl (C=O) groups is 2. The maximum atomic E-state index is 11.5. The number of hydrogen-bond acceptors (Lipinski definition) is 4. The Morgan fingerprint density at radius 3 is 2.65 bits per heavy atom. The molecule has 0 aliphatic rings. The van der Waals surface area contributed by atoms with Gasteiger partial charge in [-0.2, -0.15) is 0 Å². The number of carboxylic acid groups (broad SMARTS) is 1. The summed E-state index contributed by atoms with van der Waals surface area (Å²) in [5.41, 5.74) is 0.866. The van der Waals surface area contributed by atoms with Crippen molar-refractivity contribution in [3.05, 3.63) is 35.9 Å². The summed E-state index contributed by atoms with van der Waals surface area (Å²) in [6, 6.07) is 8.79. The number of carboxylic acids is 1. The van der Waals surface area contributed by atoms with Crippen LogP contribution in [0.3, 0.4) is 0 Å². The van der Waals surface area contributed by atoms with Gasteiger partial charge >= 0.3 is 12.1 Å². The normalized spacial score (nSPS) is 13.3. The Kier molecular flexibility index (Phi) is 6.89. The van der Waals surface area contributed by atoms with E-state index in [0.717, 1.165) is 5.56 Å². The van der Waals surface area contributed by atoms with Crippen molar-refractivity contribution in [2.75, 3.05) is 11.5 Å². The van der Waals surface area contributed by atoms with Gasteiger partial charge in [0.2, 0.25) is 5.75 Å². The van der Waals surface area contributed by atoms with Crippen molar-refractivity contribution >= 4 is 23.2 Å². The minimum absolute atomic E-state index is 0.0761. The van der Waals surface area contributed by atoms with Crippen LogP contribution < -0.4 is 5.32 Å². The zero-order valence-electron chi connectivity index (χ0n) is 11.1. The number of amides is 1. The SMILES string of the molecule is CC(C[S+]([O-])CC(=O)O)NC(=O)OCc1ccccc1. The van der Waals surface area contributed by atoms with Crippen LogP contribution in [0.25, 0.3) is 0 Å². The smallest absolute Gasteiger partial charge is 0.407 e. The highest BCUT2D eigenvalue weighted by Gasteiger charge is 2.18. The minimum atomic E-state index is -1.51. The molecule has 0 bridgehead atoms. The van der Waals surface area contributed by atoms with E-state index in [9.17, 15) is 14.1 Å². The Balaban J connectivity index is 2.26. The number of hydrogen-bond donors (Lipinski definition) is 2. The first-order valence-electron chi connectivity index (χ1n) is 6.01. The number of aliphatic carboxylic acids is 1. The zero-order chi connectivity index (χ0) is 15.0. The number of rotatable bonds is 7. The molecule has 1 rings (SSSR count). The van der Waals surface area contributed by atoms with Gasteiger partial charge in [-0.3, -0.25) is 0 Å². The van der Waals surface area contributed by atoms with Crippen LogP contribution in [0.15, 0.2) is 30.3 Å². The van der Waals surface area contributed by atoms with Crippen molar-refractivity contribution in [3.8, 4) is 0 Å². The molecule has 0 heterocycles. The second kappa shape index (κ2) is 8.44. The Labute approximate surface area is 120 Å². The van der Waals surface area contributed by atoms with Crippen LogP contribution in [0.4, 0.5) is 4.79 Å². The average Bonchev–Trinajstić information content (AvgIpc) is 2.36. The fourth-order valence-electron chi connectivity index (χ4n) is 1.48. The monoisotopic (exact) mass is 299 g/mol. The van der Waals surface area contributed by atoms with Gasteiger partial charge in [-0.05, 0) is 23.7 Å². The molecule has 7 heteroatoms. The molecule has 1 aromatic carbocycles. The predicted octanol–water partition coefficient (Wildman–Crippen LogP) is 1.13. The summed E-state index contributed by atoms with van der Waals surface area (Å²) in [7, 11) is 0. The van der Waals surface area contributed by atoms with Gasteiger partial charge in [0.1, 0.15) is 12.4 Å². The van der Waals surface area contributed by atoms with E-state index in [4.69, 9.17) is 9.84 Å². The van der Waals surface area contributed by atoms with Crippen LogP contribution >= 0.6 is 0 Å². The first kappa shape index (κ1) is 16.3. The van der Waals surface area contributed by atoms with Crippen molar-refractivity contribution in [2.24, 2.45) is 0 Å². The van der Waals surface area contributed by atoms with E-state index in [1.807, 2.05) is 30.3 Å². The molecule has 0 aromatic heterocycles. The van der Waals surface area contributed by atoms with Gasteiger partial charge in [0, 0.05) is 0 Å². The lowest BCUT2D eigenvalue weighted by Gasteiger charge is -2.16. The first-order chi connectivity index (χ1) is 9.47. The molecule has 2 atom stereocenters. The molecule has 0 fully saturated rings. The van der Waals surface area contributed by atoms with E-state index in [-0.39, 0.29) is 12.4 Å². The van der Waals surface area contributed by atoms with Crippen LogP contribution in [0.5, 0.6) is 0 Å². The third-order valence-corrected chi connectivity index (χ3v) is 3.74. The fourth-order valence-corrected chi connectivity index (χ4v) is 2.52. The summed E-state index contributed by atoms with van der Waals surface area (Å²) >= 11 is -1.51. The Hall–Kier alpha value is -1.73. The molecule has 1 amide bonds. The van der Waals surface area contributed by atoms with Crippen molar-refractivity contribution < 1.29 is 24.0 Å². The molecule has 6 nitrogen and oxygen atoms in total. The summed E-state index contributed by atoms with van der Waals surface area (Å²) in [4.78, 5) is 21.8. The molecule has 2 N–H and O–H groups in total. The van der Waals surface area contributed by atoms with E-state index < -0.39 is 35.0 Å². The number of nitrogens with one attached hydrogen (secondary N) is 1. The van der Waals surface area contributed by atoms with Crippen LogP contribution in [-0.2, 0) is 27.3 Å². The van der Waals surface area contributed by atoms with Crippen LogP contribution in [0.1, 0.15) is 12.5 Å². The molecule has 2 unspecified atom stereocenters. The molecular formula is C13H17NO5S. The molecule has 0 aliphatic carbocycles. The average molecular weight is 299 g/mol. The summed E-state index contributed by atoms with van der Waals surface area (Å²) < 4.78 is 16.4. The van der Waals surface area contributed by atoms with Crippen molar-refractivity contribution in [1.29, 1.82) is 0 Å². The standard InChI is InChI=1S/C13H17NO5S/c1-10(8-20(18)9-12(15)16)14-13(17)19-7-11-5-3-2-4-6-11/h2-6,10H,7-9H2,1H3,(H,14,17)(H,15,16). The van der Waals surface area contributed by atoms with Gasteiger partial charge < -0.3 is 19.7 Å². The number of alkyl carbamates (subject to hydrolysis) is 1. The maximum absolute atomic E-state index is 11.5. The zero-order valence-corrected chi connectivity index (χ0v) is 11.9. The Morgan fingerprint density at radius 2 is 2.05 bits per heavy atom. The molecule has 0 aliphatic heterocycles. The topological polar surface area (TPSA) is 98.7 Å². The first-order valence-corrected chi connectivity index (χ1v) is 7.50. The van der Waals surface area contributed by atoms with Crippen molar-refractivity contribution in [1.82, 2.24) is 5.32 Å². The molecule has 0 spiro atoms. The third kappa shape index (κ3) is 7.01. The van der Waals surface area contributed by atoms with Crippen LogP contribution in [0.2, 0.25) is 0 Å². The molecule has 0 radical (unpaired) electrons. The van der Waals surface area contributed by atoms with E-state index in [1.54, 1.807) is 6.92 Å². The third-order valence-electron chi connectivity index (χ3n) is 2.30. The second-order valence-electron chi connectivity index (χ2n) is 4.25. The summed E-state index contributed by atoms with van der Waals surface area (Å²) in [6.45, 7) is 1.79. The maximum Gasteiger partial charge on any atom is 0.407 e. The number of ether oxygens (including phenoxy) is 1. The minimum Gasteiger partial charge on any atom is -0.616 e. The lowest BCUT2D eigenvalue weighted by atomic mass is 10.2. The van der Waals surface area contributed by atoms with Crippen LogP contribution in [0, 0.1) is 0 Å². The predicted molar refractivity (Wildman–Crippen MR) is 74.7 cm³/mol. The molecule has 20 heavy (non-hydrogen) atoms. The van der Waals surface area contributed by atoms with Gasteiger partial charge in [0.15, 0.2) is 0 Å². The second-order valence-corrected chi connectivity index (χ2v) is 5.75. The lowest BCUT2D eigenvalue weighted by Crippen LogP contribution is -2.39. The van der Waals surface area contributed by atoms with Gasteiger partial charge in [0.25, 0.3) is 0 Å². The van der Waals surface area contributed by atoms with E-state index in [1.165, 1.54) is 0 Å². The van der Waals surface area contributed by atoms with Gasteiger partial charge in [-0.15, -0.1) is 0 Å². The highest BCUT2D eigenvalue weighted by Crippen LogP contribution is 2.01. The lowest BCUT2D eigenvalue weighted by molar-refractivity contribution is -0.134. The molecule has 110 valence electrons. The van der Waals surface area contributed by atoms with E-state index in [0.29, 0.717) is 0 Å². The molecular weight excluding hydrogens is 282 g/mol. The van der Waals surface area contributed by atoms with Crippen molar-refractivity contribution in [2.45, 2.75) is 19.6 Å². The summed E-state index contributed by atoms with van der Waals surface area (Å²) in [5, 5.41) is 11.0. The van der Waals surface area contributed by atoms with Gasteiger partial charge in [-0.25, -0.2) is 9.59 Å². The van der Waals surface area contributed by atoms with Crippen LogP contribution in [-0.4, -0.2) is 39.3 Å². The van der Waals surface area contributed by atoms with E-state index in [2.05, 4.69) is 5.32 Å². The highest BCUT2D eigenvalue weighted by atomic mass is 32.2. The molecule has 1 aromatic rings. The summed E-state index contributed by atoms with van der Waals surface area (Å²) in [6.07, 6.45) is -0.617. The number of carbonyl (C=O) groups excluding carboxylic acids is 1. The molecule has 0 saturated carbocycles. The number of benzene rings is 1. The van der Waals surface area contributed by atoms with Gasteiger partial charge in [0.05, 0.1) is 6.04 Å². The highest BCUT2D eigenvalue weighted by molar-refractivity contribution is 7.92. The quantitative estimate of drug-likeness (QED) is 0.735. The summed E-state index contributed by atoms with van der Waals surface area (Å²) in [5.74, 6) is -1.47. The molecule has 0 saturated heterocycles.